The lowest BCUT2D eigenvalue weighted by molar-refractivity contribution is 0.294. The van der Waals surface area contributed by atoms with E-state index in [4.69, 9.17) is 0 Å². The fourth-order valence-corrected chi connectivity index (χ4v) is 2.16. The fraction of sp³-hybridized carbons (Fsp3) is 0.625. The zero-order chi connectivity index (χ0) is 14.6. The maximum atomic E-state index is 14.1. The van der Waals surface area contributed by atoms with Gasteiger partial charge in [-0.3, -0.25) is 0 Å². The van der Waals surface area contributed by atoms with Gasteiger partial charge in [-0.05, 0) is 37.3 Å². The first kappa shape index (κ1) is 16.1. The highest BCUT2D eigenvalue weighted by Gasteiger charge is 2.25. The van der Waals surface area contributed by atoms with Crippen molar-refractivity contribution in [3.05, 3.63) is 34.9 Å². The summed E-state index contributed by atoms with van der Waals surface area (Å²) in [5.74, 6) is -0.792. The quantitative estimate of drug-likeness (QED) is 0.795. The van der Waals surface area contributed by atoms with E-state index >= 15 is 0 Å². The van der Waals surface area contributed by atoms with Crippen LogP contribution in [0.1, 0.15) is 51.3 Å². The second-order valence-electron chi connectivity index (χ2n) is 5.63. The molecule has 0 bridgehead atoms. The lowest BCUT2D eigenvalue weighted by atomic mass is 9.85. The van der Waals surface area contributed by atoms with Gasteiger partial charge in [0.1, 0.15) is 0 Å². The molecule has 2 atom stereocenters. The van der Waals surface area contributed by atoms with E-state index < -0.39 is 11.6 Å². The SMILES string of the molecule is CCCNC(c1ccc(C)c(F)c1F)C(C)C(C)C. The summed E-state index contributed by atoms with van der Waals surface area (Å²) in [7, 11) is 0. The Morgan fingerprint density at radius 3 is 2.26 bits per heavy atom. The summed E-state index contributed by atoms with van der Waals surface area (Å²) in [6.07, 6.45) is 0.970. The summed E-state index contributed by atoms with van der Waals surface area (Å²) < 4.78 is 27.9. The van der Waals surface area contributed by atoms with Gasteiger partial charge >= 0.3 is 0 Å². The normalized spacial score (nSPS) is 14.7. The smallest absolute Gasteiger partial charge is 0.163 e. The third kappa shape index (κ3) is 3.75. The molecule has 1 N–H and O–H groups in total. The second-order valence-corrected chi connectivity index (χ2v) is 5.63. The number of rotatable bonds is 6. The monoisotopic (exact) mass is 269 g/mol. The summed E-state index contributed by atoms with van der Waals surface area (Å²) in [6.45, 7) is 10.7. The van der Waals surface area contributed by atoms with Crippen LogP contribution in [0.2, 0.25) is 0 Å². The Bertz CT molecular complexity index is 415. The first-order chi connectivity index (χ1) is 8.90. The molecule has 19 heavy (non-hydrogen) atoms. The van der Waals surface area contributed by atoms with Crippen LogP contribution in [0.5, 0.6) is 0 Å². The molecule has 0 spiro atoms. The van der Waals surface area contributed by atoms with Crippen LogP contribution < -0.4 is 5.32 Å². The van der Waals surface area contributed by atoms with Crippen LogP contribution in [0.3, 0.4) is 0 Å². The van der Waals surface area contributed by atoms with Crippen molar-refractivity contribution in [3.63, 3.8) is 0 Å². The molecule has 0 aliphatic rings. The first-order valence-corrected chi connectivity index (χ1v) is 7.08. The van der Waals surface area contributed by atoms with Gasteiger partial charge in [0, 0.05) is 11.6 Å². The molecular weight excluding hydrogens is 244 g/mol. The van der Waals surface area contributed by atoms with Gasteiger partial charge in [0.15, 0.2) is 11.6 Å². The highest BCUT2D eigenvalue weighted by Crippen LogP contribution is 2.31. The van der Waals surface area contributed by atoms with E-state index in [0.29, 0.717) is 17.0 Å². The maximum absolute atomic E-state index is 14.1. The molecule has 1 aromatic carbocycles. The van der Waals surface area contributed by atoms with Crippen LogP contribution in [0, 0.1) is 30.4 Å². The third-order valence-corrected chi connectivity index (χ3v) is 3.83. The van der Waals surface area contributed by atoms with Crippen molar-refractivity contribution >= 4 is 0 Å². The predicted octanol–water partition coefficient (Wildman–Crippen LogP) is 4.61. The van der Waals surface area contributed by atoms with Gasteiger partial charge in [-0.15, -0.1) is 0 Å². The van der Waals surface area contributed by atoms with Crippen LogP contribution in [0.25, 0.3) is 0 Å². The van der Waals surface area contributed by atoms with E-state index in [9.17, 15) is 8.78 Å². The van der Waals surface area contributed by atoms with Gasteiger partial charge in [-0.25, -0.2) is 8.78 Å². The van der Waals surface area contributed by atoms with Crippen molar-refractivity contribution in [2.75, 3.05) is 6.54 Å². The number of hydrogen-bond acceptors (Lipinski definition) is 1. The van der Waals surface area contributed by atoms with Crippen LogP contribution in [-0.4, -0.2) is 6.54 Å². The molecule has 0 heterocycles. The van der Waals surface area contributed by atoms with Crippen LogP contribution in [0.15, 0.2) is 12.1 Å². The molecule has 108 valence electrons. The average Bonchev–Trinajstić information content (AvgIpc) is 2.38. The number of benzene rings is 1. The molecule has 0 amide bonds. The van der Waals surface area contributed by atoms with E-state index in [0.717, 1.165) is 13.0 Å². The van der Waals surface area contributed by atoms with E-state index in [1.165, 1.54) is 0 Å². The van der Waals surface area contributed by atoms with Crippen molar-refractivity contribution in [2.45, 2.75) is 47.1 Å². The minimum Gasteiger partial charge on any atom is -0.310 e. The van der Waals surface area contributed by atoms with Crippen molar-refractivity contribution in [1.82, 2.24) is 5.32 Å². The molecule has 0 saturated heterocycles. The molecule has 1 aromatic rings. The fourth-order valence-electron chi connectivity index (χ4n) is 2.16. The van der Waals surface area contributed by atoms with Gasteiger partial charge in [0.25, 0.3) is 0 Å². The van der Waals surface area contributed by atoms with Crippen molar-refractivity contribution in [1.29, 1.82) is 0 Å². The zero-order valence-corrected chi connectivity index (χ0v) is 12.6. The minimum atomic E-state index is -0.725. The standard InChI is InChI=1S/C16H25F2N/c1-6-9-19-16(12(5)10(2)3)13-8-7-11(4)14(17)15(13)18/h7-8,10,12,16,19H,6,9H2,1-5H3. The van der Waals surface area contributed by atoms with Crippen molar-refractivity contribution in [3.8, 4) is 0 Å². The van der Waals surface area contributed by atoms with Gasteiger partial charge < -0.3 is 5.32 Å². The van der Waals surface area contributed by atoms with Crippen LogP contribution in [-0.2, 0) is 0 Å². The Labute approximate surface area is 115 Å². The molecule has 3 heteroatoms. The van der Waals surface area contributed by atoms with Crippen LogP contribution in [0.4, 0.5) is 8.78 Å². The van der Waals surface area contributed by atoms with Crippen molar-refractivity contribution in [2.24, 2.45) is 11.8 Å². The van der Waals surface area contributed by atoms with Gasteiger partial charge in [0.05, 0.1) is 0 Å². The molecule has 0 aliphatic heterocycles. The average molecular weight is 269 g/mol. The lowest BCUT2D eigenvalue weighted by Gasteiger charge is -2.29. The Kier molecular flexibility index (Phi) is 5.92. The number of aryl methyl sites for hydroxylation is 1. The Balaban J connectivity index is 3.13. The number of hydrogen-bond donors (Lipinski definition) is 1. The molecule has 1 nitrogen and oxygen atoms in total. The summed E-state index contributed by atoms with van der Waals surface area (Å²) in [5.41, 5.74) is 0.797. The summed E-state index contributed by atoms with van der Waals surface area (Å²) >= 11 is 0. The summed E-state index contributed by atoms with van der Waals surface area (Å²) in [4.78, 5) is 0. The molecular formula is C16H25F2N. The highest BCUT2D eigenvalue weighted by atomic mass is 19.2. The predicted molar refractivity (Wildman–Crippen MR) is 76.1 cm³/mol. The molecule has 0 fully saturated rings. The largest absolute Gasteiger partial charge is 0.310 e. The molecule has 2 unspecified atom stereocenters. The second kappa shape index (κ2) is 6.99. The van der Waals surface area contributed by atoms with Crippen molar-refractivity contribution < 1.29 is 8.78 Å². The summed E-state index contributed by atoms with van der Waals surface area (Å²) in [5, 5.41) is 3.35. The lowest BCUT2D eigenvalue weighted by Crippen LogP contribution is -2.31. The third-order valence-electron chi connectivity index (χ3n) is 3.83. The highest BCUT2D eigenvalue weighted by molar-refractivity contribution is 5.28. The van der Waals surface area contributed by atoms with Gasteiger partial charge in [-0.2, -0.15) is 0 Å². The van der Waals surface area contributed by atoms with E-state index in [1.807, 2.05) is 0 Å². The molecule has 0 saturated carbocycles. The minimum absolute atomic E-state index is 0.143. The Morgan fingerprint density at radius 2 is 1.74 bits per heavy atom. The molecule has 0 aromatic heterocycles. The van der Waals surface area contributed by atoms with Gasteiger partial charge in [-0.1, -0.05) is 39.8 Å². The van der Waals surface area contributed by atoms with Crippen LogP contribution >= 0.6 is 0 Å². The number of halogens is 2. The Hall–Kier alpha value is -0.960. The molecule has 0 radical (unpaired) electrons. The van der Waals surface area contributed by atoms with E-state index in [-0.39, 0.29) is 12.0 Å². The summed E-state index contributed by atoms with van der Waals surface area (Å²) in [6, 6.07) is 3.22. The topological polar surface area (TPSA) is 12.0 Å². The molecule has 0 aliphatic carbocycles. The zero-order valence-electron chi connectivity index (χ0n) is 12.6. The Morgan fingerprint density at radius 1 is 1.11 bits per heavy atom. The maximum Gasteiger partial charge on any atom is 0.163 e. The van der Waals surface area contributed by atoms with E-state index in [2.05, 4.69) is 33.0 Å². The first-order valence-electron chi connectivity index (χ1n) is 7.08. The van der Waals surface area contributed by atoms with Gasteiger partial charge in [0.2, 0.25) is 0 Å². The van der Waals surface area contributed by atoms with E-state index in [1.54, 1.807) is 19.1 Å². The number of nitrogens with one attached hydrogen (secondary N) is 1. The molecule has 1 rings (SSSR count).